The Morgan fingerprint density at radius 3 is 2.31 bits per heavy atom. The topological polar surface area (TPSA) is 77.1 Å². The van der Waals surface area contributed by atoms with Gasteiger partial charge in [0.15, 0.2) is 11.5 Å². The molecule has 0 aliphatic carbocycles. The molecule has 1 aliphatic heterocycles. The maximum absolute atomic E-state index is 13.1. The highest BCUT2D eigenvalue weighted by atomic mass is 35.6. The SMILES string of the molecule is COc1ccc(CCN2C(=O)/C(=C/c3ccc(O[C@@H](NC(=O)c4ccc(C)cc4)C(Cl)(Cl)Cl)cc3)SC2=S)cc1OC. The van der Waals surface area contributed by atoms with Crippen LogP contribution in [0, 0.1) is 6.92 Å². The summed E-state index contributed by atoms with van der Waals surface area (Å²) in [5.41, 5.74) is 3.15. The van der Waals surface area contributed by atoms with Gasteiger partial charge in [0, 0.05) is 12.1 Å². The summed E-state index contributed by atoms with van der Waals surface area (Å²) in [6.45, 7) is 2.35. The molecule has 4 rings (SSSR count). The monoisotopic (exact) mass is 664 g/mol. The van der Waals surface area contributed by atoms with E-state index < -0.39 is 15.9 Å². The molecule has 0 aromatic heterocycles. The molecule has 3 aromatic rings. The van der Waals surface area contributed by atoms with Gasteiger partial charge in [0.25, 0.3) is 11.8 Å². The van der Waals surface area contributed by atoms with Crippen LogP contribution in [0.1, 0.15) is 27.0 Å². The minimum absolute atomic E-state index is 0.166. The Bertz CT molecular complexity index is 1490. The van der Waals surface area contributed by atoms with Crippen LogP contribution in [-0.4, -0.2) is 51.8 Å². The number of thiocarbonyl (C=S) groups is 1. The number of ether oxygens (including phenoxy) is 3. The average Bonchev–Trinajstić information content (AvgIpc) is 3.23. The lowest BCUT2D eigenvalue weighted by molar-refractivity contribution is -0.122. The number of hydrogen-bond acceptors (Lipinski definition) is 7. The summed E-state index contributed by atoms with van der Waals surface area (Å²) >= 11 is 25.0. The van der Waals surface area contributed by atoms with Crippen LogP contribution < -0.4 is 19.5 Å². The van der Waals surface area contributed by atoms with Crippen molar-refractivity contribution in [2.75, 3.05) is 20.8 Å². The van der Waals surface area contributed by atoms with Gasteiger partial charge in [0.2, 0.25) is 10.0 Å². The zero-order chi connectivity index (χ0) is 30.4. The Kier molecular flexibility index (Phi) is 10.7. The van der Waals surface area contributed by atoms with Crippen molar-refractivity contribution in [3.8, 4) is 17.2 Å². The first-order chi connectivity index (χ1) is 20.0. The predicted octanol–water partition coefficient (Wildman–Crippen LogP) is 6.96. The molecule has 3 aromatic carbocycles. The van der Waals surface area contributed by atoms with Crippen LogP contribution in [0.4, 0.5) is 0 Å². The number of rotatable bonds is 10. The lowest BCUT2D eigenvalue weighted by Gasteiger charge is -2.26. The van der Waals surface area contributed by atoms with Gasteiger partial charge in [0.1, 0.15) is 10.1 Å². The third-order valence-corrected chi connectivity index (χ3v) is 8.22. The van der Waals surface area contributed by atoms with Gasteiger partial charge in [0.05, 0.1) is 19.1 Å². The van der Waals surface area contributed by atoms with Crippen molar-refractivity contribution in [2.45, 2.75) is 23.4 Å². The Morgan fingerprint density at radius 2 is 1.69 bits per heavy atom. The van der Waals surface area contributed by atoms with Crippen LogP contribution in [0.2, 0.25) is 0 Å². The number of carbonyl (C=O) groups excluding carboxylic acids is 2. The van der Waals surface area contributed by atoms with E-state index in [0.717, 1.165) is 16.7 Å². The first kappa shape index (κ1) is 32.0. The fourth-order valence-corrected chi connectivity index (χ4v) is 5.59. The van der Waals surface area contributed by atoms with Crippen LogP contribution in [0.25, 0.3) is 6.08 Å². The maximum Gasteiger partial charge on any atom is 0.266 e. The number of amides is 2. The molecule has 1 saturated heterocycles. The molecule has 2 amide bonds. The Hall–Kier alpha value is -2.95. The van der Waals surface area contributed by atoms with E-state index >= 15 is 0 Å². The molecule has 1 atom stereocenters. The van der Waals surface area contributed by atoms with Crippen molar-refractivity contribution in [1.29, 1.82) is 0 Å². The molecular formula is C30H27Cl3N2O5S2. The van der Waals surface area contributed by atoms with Crippen LogP contribution in [0.3, 0.4) is 0 Å². The Labute approximate surface area is 269 Å². The van der Waals surface area contributed by atoms with Gasteiger partial charge in [-0.1, -0.05) is 94.7 Å². The van der Waals surface area contributed by atoms with Crippen LogP contribution in [-0.2, 0) is 11.2 Å². The first-order valence-electron chi connectivity index (χ1n) is 12.7. The molecule has 1 N–H and O–H groups in total. The molecule has 0 bridgehead atoms. The summed E-state index contributed by atoms with van der Waals surface area (Å²) in [6.07, 6.45) is 1.09. The summed E-state index contributed by atoms with van der Waals surface area (Å²) in [7, 11) is 3.16. The average molecular weight is 666 g/mol. The lowest BCUT2D eigenvalue weighted by atomic mass is 10.1. The number of nitrogens with zero attached hydrogens (tertiary/aromatic N) is 1. The first-order valence-corrected chi connectivity index (χ1v) is 15.0. The number of carbonyl (C=O) groups is 2. The van der Waals surface area contributed by atoms with Gasteiger partial charge in [-0.2, -0.15) is 0 Å². The molecule has 7 nitrogen and oxygen atoms in total. The fourth-order valence-electron chi connectivity index (χ4n) is 3.99. The number of nitrogens with one attached hydrogen (secondary N) is 1. The number of halogens is 3. The minimum atomic E-state index is -1.94. The lowest BCUT2D eigenvalue weighted by Crippen LogP contribution is -2.47. The van der Waals surface area contributed by atoms with Crippen molar-refractivity contribution in [3.05, 3.63) is 93.9 Å². The quantitative estimate of drug-likeness (QED) is 0.109. The summed E-state index contributed by atoms with van der Waals surface area (Å²) in [5.74, 6) is 1.01. The molecule has 0 saturated carbocycles. The molecule has 1 aliphatic rings. The van der Waals surface area contributed by atoms with Gasteiger partial charge in [-0.25, -0.2) is 0 Å². The second kappa shape index (κ2) is 14.0. The second-order valence-corrected chi connectivity index (χ2v) is 13.3. The van der Waals surface area contributed by atoms with E-state index in [1.54, 1.807) is 61.6 Å². The van der Waals surface area contributed by atoms with Crippen LogP contribution >= 0.6 is 58.8 Å². The van der Waals surface area contributed by atoms with Gasteiger partial charge in [-0.3, -0.25) is 14.5 Å². The van der Waals surface area contributed by atoms with Crippen LogP contribution in [0.5, 0.6) is 17.2 Å². The van der Waals surface area contributed by atoms with Crippen molar-refractivity contribution in [2.24, 2.45) is 0 Å². The number of alkyl halides is 3. The Balaban J connectivity index is 1.40. The van der Waals surface area contributed by atoms with Crippen LogP contribution in [0.15, 0.2) is 71.6 Å². The maximum atomic E-state index is 13.1. The molecule has 1 fully saturated rings. The van der Waals surface area contributed by atoms with Gasteiger partial charge < -0.3 is 19.5 Å². The number of thioether (sulfide) groups is 1. The highest BCUT2D eigenvalue weighted by Gasteiger charge is 2.36. The zero-order valence-electron chi connectivity index (χ0n) is 22.9. The number of aryl methyl sites for hydroxylation is 1. The molecule has 42 heavy (non-hydrogen) atoms. The van der Waals surface area contributed by atoms with E-state index in [0.29, 0.717) is 45.0 Å². The summed E-state index contributed by atoms with van der Waals surface area (Å²) < 4.78 is 15.0. The van der Waals surface area contributed by atoms with E-state index in [2.05, 4.69) is 5.32 Å². The standard InChI is InChI=1S/C30H27Cl3N2O5S2/c1-18-4-9-21(10-5-18)26(36)34-28(30(31,32)33)40-22-11-6-19(7-12-22)17-25-27(37)35(29(41)42-25)15-14-20-8-13-23(38-2)24(16-20)39-3/h4-13,16-17,28H,14-15H2,1-3H3,(H,34,36)/b25-17-/t28-/m1/s1. The number of hydrogen-bond donors (Lipinski definition) is 1. The van der Waals surface area contributed by atoms with Crippen molar-refractivity contribution >= 4 is 81.0 Å². The molecule has 0 unspecified atom stereocenters. The smallest absolute Gasteiger partial charge is 0.266 e. The second-order valence-electron chi connectivity index (χ2n) is 9.22. The van der Waals surface area contributed by atoms with E-state index in [4.69, 9.17) is 61.2 Å². The molecular weight excluding hydrogens is 639 g/mol. The minimum Gasteiger partial charge on any atom is -0.493 e. The molecule has 0 spiro atoms. The summed E-state index contributed by atoms with van der Waals surface area (Å²) in [6, 6.07) is 19.4. The summed E-state index contributed by atoms with van der Waals surface area (Å²) in [4.78, 5) is 27.9. The third-order valence-electron chi connectivity index (χ3n) is 6.25. The zero-order valence-corrected chi connectivity index (χ0v) is 26.8. The molecule has 220 valence electrons. The summed E-state index contributed by atoms with van der Waals surface area (Å²) in [5, 5.41) is 2.62. The van der Waals surface area contributed by atoms with E-state index in [-0.39, 0.29) is 5.91 Å². The largest absolute Gasteiger partial charge is 0.493 e. The van der Waals surface area contributed by atoms with Gasteiger partial charge in [-0.15, -0.1) is 0 Å². The van der Waals surface area contributed by atoms with Crippen molar-refractivity contribution in [3.63, 3.8) is 0 Å². The predicted molar refractivity (Wildman–Crippen MR) is 173 cm³/mol. The molecule has 1 heterocycles. The highest BCUT2D eigenvalue weighted by molar-refractivity contribution is 8.26. The van der Waals surface area contributed by atoms with E-state index in [9.17, 15) is 9.59 Å². The highest BCUT2D eigenvalue weighted by Crippen LogP contribution is 2.35. The normalized spacial score (nSPS) is 15.1. The third kappa shape index (κ3) is 8.11. The fraction of sp³-hybridized carbons (Fsp3) is 0.233. The molecule has 12 heteroatoms. The van der Waals surface area contributed by atoms with Gasteiger partial charge >= 0.3 is 0 Å². The van der Waals surface area contributed by atoms with Crippen molar-refractivity contribution < 1.29 is 23.8 Å². The number of benzene rings is 3. The molecule has 0 radical (unpaired) electrons. The Morgan fingerprint density at radius 1 is 1.02 bits per heavy atom. The van der Waals surface area contributed by atoms with Crippen molar-refractivity contribution in [1.82, 2.24) is 10.2 Å². The number of methoxy groups -OCH3 is 2. The van der Waals surface area contributed by atoms with Gasteiger partial charge in [-0.05, 0) is 66.9 Å². The van der Waals surface area contributed by atoms with E-state index in [1.165, 1.54) is 11.8 Å². The van der Waals surface area contributed by atoms with E-state index in [1.807, 2.05) is 37.3 Å².